The summed E-state index contributed by atoms with van der Waals surface area (Å²) in [5.41, 5.74) is 0. The minimum Gasteiger partial charge on any atom is -0.481 e. The van der Waals surface area contributed by atoms with Gasteiger partial charge in [0.15, 0.2) is 0 Å². The van der Waals surface area contributed by atoms with E-state index >= 15 is 0 Å². The van der Waals surface area contributed by atoms with Crippen LogP contribution < -0.4 is 0 Å². The predicted octanol–water partition coefficient (Wildman–Crippen LogP) is 0.202. The molecule has 1 N–H and O–H groups in total. The highest BCUT2D eigenvalue weighted by Crippen LogP contribution is 2.18. The van der Waals surface area contributed by atoms with Gasteiger partial charge in [-0.3, -0.25) is 9.59 Å². The zero-order chi connectivity index (χ0) is 11.4. The number of nitrogens with zero attached hydrogens (tertiary/aromatic N) is 1. The van der Waals surface area contributed by atoms with Crippen molar-refractivity contribution in [2.24, 2.45) is 11.8 Å². The Morgan fingerprint density at radius 1 is 1.60 bits per heavy atom. The van der Waals surface area contributed by atoms with Gasteiger partial charge in [-0.05, 0) is 13.0 Å². The summed E-state index contributed by atoms with van der Waals surface area (Å²) in [6.07, 6.45) is 0.763. The van der Waals surface area contributed by atoms with E-state index in [1.165, 1.54) is 7.11 Å². The van der Waals surface area contributed by atoms with Crippen molar-refractivity contribution in [3.8, 4) is 0 Å². The van der Waals surface area contributed by atoms with E-state index in [2.05, 4.69) is 4.74 Å². The molecular formula is C10H17NO4. The normalized spacial score (nSPS) is 23.7. The van der Waals surface area contributed by atoms with Gasteiger partial charge in [-0.2, -0.15) is 0 Å². The summed E-state index contributed by atoms with van der Waals surface area (Å²) in [4.78, 5) is 23.9. The molecule has 1 saturated heterocycles. The quantitative estimate of drug-likeness (QED) is 0.679. The fourth-order valence-corrected chi connectivity index (χ4v) is 1.82. The van der Waals surface area contributed by atoms with Crippen molar-refractivity contribution in [3.63, 3.8) is 0 Å². The van der Waals surface area contributed by atoms with Crippen LogP contribution in [0.4, 0.5) is 0 Å². The summed E-state index contributed by atoms with van der Waals surface area (Å²) in [7, 11) is 1.38. The number of carboxylic acid groups (broad SMARTS) is 1. The second-order valence-corrected chi connectivity index (χ2v) is 4.01. The Kier molecular flexibility index (Phi) is 4.08. The van der Waals surface area contributed by atoms with Crippen LogP contribution in [0, 0.1) is 11.8 Å². The third-order valence-corrected chi connectivity index (χ3v) is 2.76. The zero-order valence-corrected chi connectivity index (χ0v) is 9.10. The molecule has 2 atom stereocenters. The van der Waals surface area contributed by atoms with Gasteiger partial charge in [-0.15, -0.1) is 0 Å². The maximum Gasteiger partial charge on any atom is 0.310 e. The van der Waals surface area contributed by atoms with Crippen molar-refractivity contribution in [1.29, 1.82) is 0 Å². The van der Waals surface area contributed by atoms with Crippen LogP contribution in [-0.2, 0) is 14.3 Å². The monoisotopic (exact) mass is 215 g/mol. The van der Waals surface area contributed by atoms with Crippen LogP contribution in [0.2, 0.25) is 0 Å². The lowest BCUT2D eigenvalue weighted by molar-refractivity contribution is -0.144. The molecule has 0 radical (unpaired) electrons. The number of methoxy groups -OCH3 is 1. The van der Waals surface area contributed by atoms with Crippen LogP contribution in [0.25, 0.3) is 0 Å². The van der Waals surface area contributed by atoms with Gasteiger partial charge in [0.05, 0.1) is 18.9 Å². The Bertz CT molecular complexity index is 254. The van der Waals surface area contributed by atoms with Gasteiger partial charge in [-0.1, -0.05) is 6.92 Å². The van der Waals surface area contributed by atoms with E-state index in [4.69, 9.17) is 5.11 Å². The summed E-state index contributed by atoms with van der Waals surface area (Å²) in [5, 5.41) is 8.75. The van der Waals surface area contributed by atoms with Crippen molar-refractivity contribution < 1.29 is 19.4 Å². The smallest absolute Gasteiger partial charge is 0.310 e. The second kappa shape index (κ2) is 5.11. The SMILES string of the molecule is COC(=O)C1CCN(CC(C)C(=O)O)C1. The molecule has 1 heterocycles. The Labute approximate surface area is 89.0 Å². The molecule has 1 aliphatic heterocycles. The minimum absolute atomic E-state index is 0.0870. The van der Waals surface area contributed by atoms with Crippen LogP contribution in [0.15, 0.2) is 0 Å². The van der Waals surface area contributed by atoms with Crippen molar-refractivity contribution in [3.05, 3.63) is 0 Å². The number of esters is 1. The Hall–Kier alpha value is -1.10. The Morgan fingerprint density at radius 2 is 2.27 bits per heavy atom. The molecule has 2 unspecified atom stereocenters. The molecule has 0 spiro atoms. The van der Waals surface area contributed by atoms with Crippen molar-refractivity contribution in [2.45, 2.75) is 13.3 Å². The second-order valence-electron chi connectivity index (χ2n) is 4.01. The van der Waals surface area contributed by atoms with Gasteiger partial charge < -0.3 is 14.7 Å². The number of carboxylic acids is 1. The number of hydrogen-bond acceptors (Lipinski definition) is 4. The molecule has 86 valence electrons. The molecule has 0 aliphatic carbocycles. The first-order chi connectivity index (χ1) is 7.04. The van der Waals surface area contributed by atoms with E-state index in [9.17, 15) is 9.59 Å². The number of carbonyl (C=O) groups excluding carboxylic acids is 1. The summed E-state index contributed by atoms with van der Waals surface area (Å²) >= 11 is 0. The van der Waals surface area contributed by atoms with E-state index in [1.807, 2.05) is 4.90 Å². The molecule has 0 bridgehead atoms. The first-order valence-electron chi connectivity index (χ1n) is 5.07. The molecule has 0 aromatic heterocycles. The molecule has 0 aromatic rings. The van der Waals surface area contributed by atoms with Crippen LogP contribution in [0.3, 0.4) is 0 Å². The lowest BCUT2D eigenvalue weighted by Crippen LogP contribution is -2.31. The minimum atomic E-state index is -0.795. The highest BCUT2D eigenvalue weighted by Gasteiger charge is 2.30. The number of rotatable bonds is 4. The highest BCUT2D eigenvalue weighted by molar-refractivity contribution is 5.73. The first kappa shape index (κ1) is 12.0. The third-order valence-electron chi connectivity index (χ3n) is 2.76. The van der Waals surface area contributed by atoms with E-state index < -0.39 is 5.97 Å². The topological polar surface area (TPSA) is 66.8 Å². The van der Waals surface area contributed by atoms with Crippen molar-refractivity contribution >= 4 is 11.9 Å². The molecule has 5 nitrogen and oxygen atoms in total. The van der Waals surface area contributed by atoms with Gasteiger partial charge in [0, 0.05) is 13.1 Å². The number of ether oxygens (including phenoxy) is 1. The lowest BCUT2D eigenvalue weighted by Gasteiger charge is -2.17. The lowest BCUT2D eigenvalue weighted by atomic mass is 10.1. The maximum absolute atomic E-state index is 11.2. The van der Waals surface area contributed by atoms with E-state index in [0.717, 1.165) is 13.0 Å². The number of hydrogen-bond donors (Lipinski definition) is 1. The Morgan fingerprint density at radius 3 is 2.80 bits per heavy atom. The van der Waals surface area contributed by atoms with Gasteiger partial charge in [0.1, 0.15) is 0 Å². The predicted molar refractivity (Wildman–Crippen MR) is 53.4 cm³/mol. The molecule has 0 saturated carbocycles. The average molecular weight is 215 g/mol. The van der Waals surface area contributed by atoms with Crippen LogP contribution in [-0.4, -0.2) is 48.7 Å². The molecule has 1 aliphatic rings. The summed E-state index contributed by atoms with van der Waals surface area (Å²) in [6, 6.07) is 0. The molecule has 15 heavy (non-hydrogen) atoms. The van der Waals surface area contributed by atoms with Crippen LogP contribution in [0.5, 0.6) is 0 Å². The van der Waals surface area contributed by atoms with E-state index in [-0.39, 0.29) is 17.8 Å². The fraction of sp³-hybridized carbons (Fsp3) is 0.800. The largest absolute Gasteiger partial charge is 0.481 e. The molecule has 0 aromatic carbocycles. The van der Waals surface area contributed by atoms with Crippen molar-refractivity contribution in [1.82, 2.24) is 4.90 Å². The molecular weight excluding hydrogens is 198 g/mol. The molecule has 0 amide bonds. The summed E-state index contributed by atoms with van der Waals surface area (Å²) in [6.45, 7) is 3.57. The Balaban J connectivity index is 2.36. The van der Waals surface area contributed by atoms with Gasteiger partial charge in [0.25, 0.3) is 0 Å². The molecule has 1 fully saturated rings. The average Bonchev–Trinajstić information content (AvgIpc) is 2.65. The van der Waals surface area contributed by atoms with Gasteiger partial charge in [0.2, 0.25) is 0 Å². The van der Waals surface area contributed by atoms with Gasteiger partial charge in [-0.25, -0.2) is 0 Å². The van der Waals surface area contributed by atoms with Crippen LogP contribution >= 0.6 is 0 Å². The maximum atomic E-state index is 11.2. The van der Waals surface area contributed by atoms with E-state index in [1.54, 1.807) is 6.92 Å². The highest BCUT2D eigenvalue weighted by atomic mass is 16.5. The summed E-state index contributed by atoms with van der Waals surface area (Å²) in [5.74, 6) is -1.46. The standard InChI is InChI=1S/C10H17NO4/c1-7(9(12)13)5-11-4-3-8(6-11)10(14)15-2/h7-8H,3-6H2,1-2H3,(H,12,13). The summed E-state index contributed by atoms with van der Waals surface area (Å²) < 4.78 is 4.65. The van der Waals surface area contributed by atoms with Crippen LogP contribution in [0.1, 0.15) is 13.3 Å². The van der Waals surface area contributed by atoms with Crippen molar-refractivity contribution in [2.75, 3.05) is 26.7 Å². The van der Waals surface area contributed by atoms with Gasteiger partial charge >= 0.3 is 11.9 Å². The first-order valence-corrected chi connectivity index (χ1v) is 5.07. The van der Waals surface area contributed by atoms with E-state index in [0.29, 0.717) is 13.1 Å². The number of likely N-dealkylation sites (tertiary alicyclic amines) is 1. The molecule has 5 heteroatoms. The zero-order valence-electron chi connectivity index (χ0n) is 9.10. The number of aliphatic carboxylic acids is 1. The number of carbonyl (C=O) groups is 2. The molecule has 1 rings (SSSR count). The third kappa shape index (κ3) is 3.20. The fourth-order valence-electron chi connectivity index (χ4n) is 1.82.